The molecule has 2 aliphatic rings. The molecule has 1 saturated carbocycles. The Bertz CT molecular complexity index is 875. The third-order valence-electron chi connectivity index (χ3n) is 6.77. The van der Waals surface area contributed by atoms with Gasteiger partial charge in [-0.25, -0.2) is 4.79 Å². The summed E-state index contributed by atoms with van der Waals surface area (Å²) in [5, 5.41) is 5.27. The predicted octanol–water partition coefficient (Wildman–Crippen LogP) is 4.44. The molecule has 7 nitrogen and oxygen atoms in total. The Labute approximate surface area is 184 Å². The van der Waals surface area contributed by atoms with Crippen molar-refractivity contribution >= 4 is 23.5 Å². The summed E-state index contributed by atoms with van der Waals surface area (Å²) in [5.74, 6) is -0.993. The van der Waals surface area contributed by atoms with Gasteiger partial charge in [0.2, 0.25) is 5.91 Å². The van der Waals surface area contributed by atoms with E-state index in [-0.39, 0.29) is 11.1 Å². The van der Waals surface area contributed by atoms with E-state index in [9.17, 15) is 27.6 Å². The molecular weight excluding hydrogens is 427 g/mol. The van der Waals surface area contributed by atoms with Gasteiger partial charge in [-0.05, 0) is 61.3 Å². The highest BCUT2D eigenvalue weighted by molar-refractivity contribution is 6.10. The topological polar surface area (TPSA) is 87.7 Å². The van der Waals surface area contributed by atoms with Gasteiger partial charge in [-0.15, -0.1) is 13.2 Å². The molecule has 3 rings (SSSR count). The molecule has 10 heteroatoms. The zero-order valence-electron chi connectivity index (χ0n) is 18.3. The lowest BCUT2D eigenvalue weighted by Crippen LogP contribution is -2.51. The van der Waals surface area contributed by atoms with Crippen LogP contribution in [0.3, 0.4) is 0 Å². The number of carbonyl (C=O) groups excluding carboxylic acids is 3. The number of nitrogens with zero attached hydrogens (tertiary/aromatic N) is 1. The summed E-state index contributed by atoms with van der Waals surface area (Å²) in [6, 6.07) is 3.99. The van der Waals surface area contributed by atoms with Crippen molar-refractivity contribution in [2.24, 2.45) is 11.3 Å². The number of alkyl halides is 3. The second-order valence-electron chi connectivity index (χ2n) is 9.14. The van der Waals surface area contributed by atoms with Gasteiger partial charge in [-0.3, -0.25) is 14.5 Å². The number of halogens is 3. The first-order chi connectivity index (χ1) is 14.8. The van der Waals surface area contributed by atoms with Crippen LogP contribution in [0.2, 0.25) is 0 Å². The molecule has 0 unspecified atom stereocenters. The third kappa shape index (κ3) is 5.16. The number of urea groups is 1. The summed E-state index contributed by atoms with van der Waals surface area (Å²) in [6.07, 6.45) is -1.08. The van der Waals surface area contributed by atoms with E-state index in [4.69, 9.17) is 0 Å². The van der Waals surface area contributed by atoms with E-state index in [0.717, 1.165) is 36.3 Å². The summed E-state index contributed by atoms with van der Waals surface area (Å²) in [7, 11) is 0. The van der Waals surface area contributed by atoms with Crippen LogP contribution in [0.25, 0.3) is 0 Å². The maximum Gasteiger partial charge on any atom is 0.573 e. The van der Waals surface area contributed by atoms with Gasteiger partial charge in [0.25, 0.3) is 5.91 Å². The number of hydrogen-bond acceptors (Lipinski definition) is 4. The molecule has 4 amide bonds. The molecule has 176 valence electrons. The minimum absolute atomic E-state index is 0.160. The van der Waals surface area contributed by atoms with Gasteiger partial charge < -0.3 is 15.4 Å². The number of hydrogen-bond donors (Lipinski definition) is 2. The van der Waals surface area contributed by atoms with Crippen LogP contribution in [0.15, 0.2) is 24.3 Å². The molecule has 2 fully saturated rings. The average Bonchev–Trinajstić information content (AvgIpc) is 2.93. The molecule has 1 aliphatic heterocycles. The zero-order chi connectivity index (χ0) is 23.7. The average molecular weight is 455 g/mol. The van der Waals surface area contributed by atoms with Crippen molar-refractivity contribution in [2.75, 3.05) is 11.9 Å². The van der Waals surface area contributed by atoms with E-state index in [1.54, 1.807) is 0 Å². The van der Waals surface area contributed by atoms with Crippen molar-refractivity contribution < 1.29 is 32.3 Å². The monoisotopic (exact) mass is 455 g/mol. The Morgan fingerprint density at radius 3 is 2.31 bits per heavy atom. The molecule has 32 heavy (non-hydrogen) atoms. The Morgan fingerprint density at radius 2 is 1.78 bits per heavy atom. The minimum Gasteiger partial charge on any atom is -0.406 e. The number of anilines is 1. The maximum absolute atomic E-state index is 13.0. The van der Waals surface area contributed by atoms with Crippen LogP contribution in [0.4, 0.5) is 23.7 Å². The molecule has 0 bridgehead atoms. The molecule has 0 aromatic heterocycles. The molecule has 2 N–H and O–H groups in total. The first-order valence-electron chi connectivity index (χ1n) is 10.6. The predicted molar refractivity (Wildman–Crippen MR) is 111 cm³/mol. The van der Waals surface area contributed by atoms with Crippen molar-refractivity contribution in [3.63, 3.8) is 0 Å². The number of carbonyl (C=O) groups is 3. The van der Waals surface area contributed by atoms with Gasteiger partial charge in [-0.1, -0.05) is 27.2 Å². The smallest absolute Gasteiger partial charge is 0.406 e. The van der Waals surface area contributed by atoms with Crippen LogP contribution in [0.5, 0.6) is 5.75 Å². The highest BCUT2D eigenvalue weighted by Crippen LogP contribution is 2.45. The molecule has 0 radical (unpaired) electrons. The largest absolute Gasteiger partial charge is 0.573 e. The first kappa shape index (κ1) is 23.9. The normalized spacial score (nSPS) is 23.9. The van der Waals surface area contributed by atoms with E-state index in [0.29, 0.717) is 18.8 Å². The van der Waals surface area contributed by atoms with Crippen LogP contribution in [-0.2, 0) is 9.59 Å². The Kier molecular flexibility index (Phi) is 6.44. The summed E-state index contributed by atoms with van der Waals surface area (Å²) in [5.41, 5.74) is -0.587. The summed E-state index contributed by atoms with van der Waals surface area (Å²) < 4.78 is 40.5. The summed E-state index contributed by atoms with van der Waals surface area (Å²) in [6.45, 7) is 6.09. The Hall–Kier alpha value is -2.78. The lowest BCUT2D eigenvalue weighted by atomic mass is 9.65. The Balaban J connectivity index is 1.58. The number of benzene rings is 1. The van der Waals surface area contributed by atoms with Crippen LogP contribution in [0, 0.1) is 11.3 Å². The SMILES string of the molecule is CCC(C)(C)C1CCC2(CC1)NC(=O)N(CC(=O)Nc1ccc(OC(F)(F)F)cc1)C2=O. The van der Waals surface area contributed by atoms with Crippen LogP contribution in [-0.4, -0.2) is 41.2 Å². The van der Waals surface area contributed by atoms with Crippen molar-refractivity contribution in [3.05, 3.63) is 24.3 Å². The molecule has 0 atom stereocenters. The van der Waals surface area contributed by atoms with Crippen molar-refractivity contribution in [3.8, 4) is 5.75 Å². The van der Waals surface area contributed by atoms with Crippen LogP contribution < -0.4 is 15.4 Å². The molecular formula is C22H28F3N3O4. The molecule has 1 heterocycles. The van der Waals surface area contributed by atoms with Gasteiger partial charge in [0.1, 0.15) is 17.8 Å². The van der Waals surface area contributed by atoms with E-state index in [1.165, 1.54) is 12.1 Å². The fourth-order valence-electron chi connectivity index (χ4n) is 4.42. The standard InChI is InChI=1S/C22H28F3N3O4/c1-4-20(2,3)14-9-11-21(12-10-14)18(30)28(19(31)27-21)13-17(29)26-15-5-7-16(8-6-15)32-22(23,24)25/h5-8,14H,4,9-13H2,1-3H3,(H,26,29)(H,27,31). The summed E-state index contributed by atoms with van der Waals surface area (Å²) >= 11 is 0. The van der Waals surface area contributed by atoms with Gasteiger partial charge in [-0.2, -0.15) is 0 Å². The number of amides is 4. The number of ether oxygens (including phenoxy) is 1. The summed E-state index contributed by atoms with van der Waals surface area (Å²) in [4.78, 5) is 38.7. The van der Waals surface area contributed by atoms with Crippen LogP contribution in [0.1, 0.15) is 52.9 Å². The molecule has 1 aromatic carbocycles. The fraction of sp³-hybridized carbons (Fsp3) is 0.591. The minimum atomic E-state index is -4.81. The molecule has 1 saturated heterocycles. The van der Waals surface area contributed by atoms with E-state index < -0.39 is 42.0 Å². The van der Waals surface area contributed by atoms with E-state index in [2.05, 4.69) is 36.1 Å². The second-order valence-corrected chi connectivity index (χ2v) is 9.14. The van der Waals surface area contributed by atoms with Crippen molar-refractivity contribution in [1.29, 1.82) is 0 Å². The number of imide groups is 1. The lowest BCUT2D eigenvalue weighted by molar-refractivity contribution is -0.274. The fourth-order valence-corrected chi connectivity index (χ4v) is 4.42. The number of nitrogens with one attached hydrogen (secondary N) is 2. The van der Waals surface area contributed by atoms with Crippen LogP contribution >= 0.6 is 0 Å². The van der Waals surface area contributed by atoms with Crippen molar-refractivity contribution in [1.82, 2.24) is 10.2 Å². The zero-order valence-corrected chi connectivity index (χ0v) is 18.3. The maximum atomic E-state index is 13.0. The Morgan fingerprint density at radius 1 is 1.19 bits per heavy atom. The second kappa shape index (κ2) is 8.63. The molecule has 1 aromatic rings. The molecule has 1 spiro atoms. The highest BCUT2D eigenvalue weighted by atomic mass is 19.4. The molecule has 1 aliphatic carbocycles. The van der Waals surface area contributed by atoms with Gasteiger partial charge in [0, 0.05) is 5.69 Å². The van der Waals surface area contributed by atoms with Crippen molar-refractivity contribution in [2.45, 2.75) is 64.8 Å². The first-order valence-corrected chi connectivity index (χ1v) is 10.6. The third-order valence-corrected chi connectivity index (χ3v) is 6.77. The van der Waals surface area contributed by atoms with Gasteiger partial charge in [0.15, 0.2) is 0 Å². The van der Waals surface area contributed by atoms with E-state index >= 15 is 0 Å². The lowest BCUT2D eigenvalue weighted by Gasteiger charge is -2.42. The van der Waals surface area contributed by atoms with Gasteiger partial charge in [0.05, 0.1) is 0 Å². The highest BCUT2D eigenvalue weighted by Gasteiger charge is 2.53. The van der Waals surface area contributed by atoms with Gasteiger partial charge >= 0.3 is 12.4 Å². The number of rotatable bonds is 6. The van der Waals surface area contributed by atoms with E-state index in [1.807, 2.05) is 0 Å². The quantitative estimate of drug-likeness (QED) is 0.621.